The molecule has 1 unspecified atom stereocenters. The van der Waals surface area contributed by atoms with Crippen molar-refractivity contribution in [2.24, 2.45) is 0 Å². The molecule has 1 heterocycles. The molecule has 0 spiro atoms. The van der Waals surface area contributed by atoms with Crippen LogP contribution in [0.25, 0.3) is 0 Å². The van der Waals surface area contributed by atoms with Gasteiger partial charge in [0, 0.05) is 38.2 Å². The van der Waals surface area contributed by atoms with Gasteiger partial charge in [-0.15, -0.1) is 0 Å². The van der Waals surface area contributed by atoms with Gasteiger partial charge in [-0.3, -0.25) is 9.59 Å². The van der Waals surface area contributed by atoms with Gasteiger partial charge in [0.2, 0.25) is 11.8 Å². The van der Waals surface area contributed by atoms with E-state index in [0.717, 1.165) is 30.9 Å². The average Bonchev–Trinajstić information content (AvgIpc) is 2.55. The van der Waals surface area contributed by atoms with E-state index in [4.69, 9.17) is 0 Å². The fraction of sp³-hybridized carbons (Fsp3) is 0.867. The first kappa shape index (κ1) is 16.6. The van der Waals surface area contributed by atoms with Crippen LogP contribution in [0.15, 0.2) is 0 Å². The molecular formula is C15H27N3O2S. The summed E-state index contributed by atoms with van der Waals surface area (Å²) in [6.07, 6.45) is 5.89. The lowest BCUT2D eigenvalue weighted by Crippen LogP contribution is -2.52. The fourth-order valence-electron chi connectivity index (χ4n) is 3.05. The molecule has 1 saturated carbocycles. The van der Waals surface area contributed by atoms with Gasteiger partial charge >= 0.3 is 0 Å². The van der Waals surface area contributed by atoms with Gasteiger partial charge in [0.05, 0.1) is 12.6 Å². The molecule has 2 fully saturated rings. The van der Waals surface area contributed by atoms with E-state index in [2.05, 4.69) is 5.32 Å². The highest BCUT2D eigenvalue weighted by molar-refractivity contribution is 7.99. The van der Waals surface area contributed by atoms with Crippen LogP contribution in [-0.4, -0.2) is 72.4 Å². The van der Waals surface area contributed by atoms with Gasteiger partial charge < -0.3 is 15.1 Å². The number of carbonyl (C=O) groups is 2. The molecule has 21 heavy (non-hydrogen) atoms. The van der Waals surface area contributed by atoms with Crippen molar-refractivity contribution in [3.05, 3.63) is 0 Å². The highest BCUT2D eigenvalue weighted by atomic mass is 32.2. The second-order valence-electron chi connectivity index (χ2n) is 6.07. The van der Waals surface area contributed by atoms with Gasteiger partial charge in [0.1, 0.15) is 0 Å². The second kappa shape index (κ2) is 8.03. The van der Waals surface area contributed by atoms with Gasteiger partial charge in [0.15, 0.2) is 0 Å². The summed E-state index contributed by atoms with van der Waals surface area (Å²) in [4.78, 5) is 28.1. The Morgan fingerprint density at radius 2 is 1.90 bits per heavy atom. The summed E-state index contributed by atoms with van der Waals surface area (Å²) < 4.78 is 0. The molecule has 2 aliphatic rings. The maximum Gasteiger partial charge on any atom is 0.242 e. The SMILES string of the molecule is CN(CC(=O)N(C)C1CCCCC1)C(=O)C1CSCCN1. The number of nitrogens with one attached hydrogen (secondary N) is 1. The first-order valence-corrected chi connectivity index (χ1v) is 9.07. The molecular weight excluding hydrogens is 286 g/mol. The summed E-state index contributed by atoms with van der Waals surface area (Å²) in [5.74, 6) is 1.95. The zero-order valence-corrected chi connectivity index (χ0v) is 14.0. The van der Waals surface area contributed by atoms with E-state index in [1.807, 2.05) is 11.9 Å². The molecule has 1 saturated heterocycles. The minimum Gasteiger partial charge on any atom is -0.341 e. The molecule has 0 bridgehead atoms. The minimum absolute atomic E-state index is 0.0348. The normalized spacial score (nSPS) is 23.6. The molecule has 0 aromatic heterocycles. The Kier molecular flexibility index (Phi) is 6.36. The third-order valence-electron chi connectivity index (χ3n) is 4.48. The van der Waals surface area contributed by atoms with Crippen LogP contribution in [0.3, 0.4) is 0 Å². The topological polar surface area (TPSA) is 52.7 Å². The third-order valence-corrected chi connectivity index (χ3v) is 5.55. The molecule has 1 N–H and O–H groups in total. The molecule has 1 atom stereocenters. The predicted molar refractivity (Wildman–Crippen MR) is 86.4 cm³/mol. The number of rotatable bonds is 4. The molecule has 5 nitrogen and oxygen atoms in total. The summed E-state index contributed by atoms with van der Waals surface area (Å²) in [5, 5.41) is 3.23. The van der Waals surface area contributed by atoms with Gasteiger partial charge in [-0.1, -0.05) is 19.3 Å². The van der Waals surface area contributed by atoms with Crippen molar-refractivity contribution in [3.63, 3.8) is 0 Å². The van der Waals surface area contributed by atoms with Crippen LogP contribution >= 0.6 is 11.8 Å². The highest BCUT2D eigenvalue weighted by Gasteiger charge is 2.27. The molecule has 120 valence electrons. The van der Waals surface area contributed by atoms with Crippen LogP contribution in [0.1, 0.15) is 32.1 Å². The zero-order valence-electron chi connectivity index (χ0n) is 13.1. The third kappa shape index (κ3) is 4.61. The Hall–Kier alpha value is -0.750. The standard InChI is InChI=1S/C15H27N3O2S/c1-17(15(20)13-11-21-9-8-16-13)10-14(19)18(2)12-6-4-3-5-7-12/h12-13,16H,3-11H2,1-2H3. The molecule has 0 aromatic rings. The van der Waals surface area contributed by atoms with Crippen LogP contribution in [0.2, 0.25) is 0 Å². The maximum absolute atomic E-state index is 12.3. The van der Waals surface area contributed by atoms with Gasteiger partial charge in [-0.05, 0) is 12.8 Å². The molecule has 0 radical (unpaired) electrons. The van der Waals surface area contributed by atoms with Crippen molar-refractivity contribution in [1.82, 2.24) is 15.1 Å². The van der Waals surface area contributed by atoms with Crippen LogP contribution in [0.5, 0.6) is 0 Å². The average molecular weight is 313 g/mol. The summed E-state index contributed by atoms with van der Waals surface area (Å²) in [6.45, 7) is 1.06. The number of amides is 2. The molecule has 0 aromatic carbocycles. The fourth-order valence-corrected chi connectivity index (χ4v) is 3.98. The van der Waals surface area contributed by atoms with E-state index in [0.29, 0.717) is 6.04 Å². The molecule has 1 aliphatic carbocycles. The zero-order chi connectivity index (χ0) is 15.2. The summed E-state index contributed by atoms with van der Waals surface area (Å²) >= 11 is 1.79. The molecule has 6 heteroatoms. The van der Waals surface area contributed by atoms with Crippen LogP contribution < -0.4 is 5.32 Å². The first-order valence-electron chi connectivity index (χ1n) is 7.91. The summed E-state index contributed by atoms with van der Waals surface area (Å²) in [7, 11) is 3.61. The number of hydrogen-bond acceptors (Lipinski definition) is 4. The lowest BCUT2D eigenvalue weighted by atomic mass is 9.94. The minimum atomic E-state index is -0.137. The van der Waals surface area contributed by atoms with Crippen LogP contribution in [0, 0.1) is 0 Å². The van der Waals surface area contributed by atoms with Crippen molar-refractivity contribution in [3.8, 4) is 0 Å². The van der Waals surface area contributed by atoms with E-state index < -0.39 is 0 Å². The number of likely N-dealkylation sites (N-methyl/N-ethyl adjacent to an activating group) is 2. The number of carbonyl (C=O) groups excluding carboxylic acids is 2. The number of thioether (sulfide) groups is 1. The first-order chi connectivity index (χ1) is 10.1. The van der Waals surface area contributed by atoms with E-state index in [9.17, 15) is 9.59 Å². The van der Waals surface area contributed by atoms with E-state index >= 15 is 0 Å². The van der Waals surface area contributed by atoms with Crippen molar-refractivity contribution >= 4 is 23.6 Å². The van der Waals surface area contributed by atoms with Crippen molar-refractivity contribution in [1.29, 1.82) is 0 Å². The van der Waals surface area contributed by atoms with Gasteiger partial charge in [-0.2, -0.15) is 11.8 Å². The Labute approximate surface area is 131 Å². The van der Waals surface area contributed by atoms with Crippen molar-refractivity contribution in [2.45, 2.75) is 44.2 Å². The van der Waals surface area contributed by atoms with Crippen LogP contribution in [-0.2, 0) is 9.59 Å². The monoisotopic (exact) mass is 313 g/mol. The van der Waals surface area contributed by atoms with E-state index in [1.165, 1.54) is 19.3 Å². The largest absolute Gasteiger partial charge is 0.341 e. The quantitative estimate of drug-likeness (QED) is 0.839. The van der Waals surface area contributed by atoms with Gasteiger partial charge in [-0.25, -0.2) is 0 Å². The van der Waals surface area contributed by atoms with Crippen molar-refractivity contribution < 1.29 is 9.59 Å². The Morgan fingerprint density at radius 1 is 1.19 bits per heavy atom. The van der Waals surface area contributed by atoms with E-state index in [1.54, 1.807) is 23.7 Å². The van der Waals surface area contributed by atoms with E-state index in [-0.39, 0.29) is 24.4 Å². The molecule has 2 rings (SSSR count). The van der Waals surface area contributed by atoms with Crippen LogP contribution in [0.4, 0.5) is 0 Å². The van der Waals surface area contributed by atoms with Gasteiger partial charge in [0.25, 0.3) is 0 Å². The smallest absolute Gasteiger partial charge is 0.242 e. The Bertz CT molecular complexity index is 366. The Morgan fingerprint density at radius 3 is 2.52 bits per heavy atom. The maximum atomic E-state index is 12.3. The second-order valence-corrected chi connectivity index (χ2v) is 7.22. The molecule has 1 aliphatic heterocycles. The summed E-state index contributed by atoms with van der Waals surface area (Å²) in [6, 6.07) is 0.222. The number of hydrogen-bond donors (Lipinski definition) is 1. The predicted octanol–water partition coefficient (Wildman–Crippen LogP) is 0.941. The lowest BCUT2D eigenvalue weighted by Gasteiger charge is -2.33. The highest BCUT2D eigenvalue weighted by Crippen LogP contribution is 2.21. The number of nitrogens with zero attached hydrogens (tertiary/aromatic N) is 2. The summed E-state index contributed by atoms with van der Waals surface area (Å²) in [5.41, 5.74) is 0. The Balaban J connectivity index is 1.81. The lowest BCUT2D eigenvalue weighted by molar-refractivity contribution is -0.141. The van der Waals surface area contributed by atoms with Crippen molar-refractivity contribution in [2.75, 3.05) is 38.7 Å². The molecule has 2 amide bonds.